The second-order valence-corrected chi connectivity index (χ2v) is 5.39. The van der Waals surface area contributed by atoms with Crippen molar-refractivity contribution >= 4 is 0 Å². The van der Waals surface area contributed by atoms with Crippen LogP contribution in [0, 0.1) is 5.82 Å². The van der Waals surface area contributed by atoms with Crippen molar-refractivity contribution in [1.29, 1.82) is 0 Å². The number of pyridine rings is 1. The molecule has 0 fully saturated rings. The molecule has 3 rings (SSSR count). The molecule has 2 aromatic heterocycles. The van der Waals surface area contributed by atoms with Crippen molar-refractivity contribution < 1.29 is 4.39 Å². The van der Waals surface area contributed by atoms with Gasteiger partial charge in [0.15, 0.2) is 0 Å². The van der Waals surface area contributed by atoms with Crippen molar-refractivity contribution in [3.63, 3.8) is 0 Å². The van der Waals surface area contributed by atoms with Gasteiger partial charge < -0.3 is 0 Å². The zero-order valence-electron chi connectivity index (χ0n) is 12.5. The van der Waals surface area contributed by atoms with Crippen LogP contribution in [0.4, 0.5) is 4.39 Å². The molecule has 0 saturated carbocycles. The number of halogens is 1. The van der Waals surface area contributed by atoms with Gasteiger partial charge >= 0.3 is 0 Å². The zero-order valence-corrected chi connectivity index (χ0v) is 12.5. The molecular formula is C18H16FN3. The monoisotopic (exact) mass is 293 g/mol. The van der Waals surface area contributed by atoms with Crippen molar-refractivity contribution in [2.24, 2.45) is 0 Å². The first kappa shape index (κ1) is 14.3. The van der Waals surface area contributed by atoms with Crippen LogP contribution in [0.15, 0.2) is 55.0 Å². The zero-order chi connectivity index (χ0) is 15.5. The molecule has 0 spiro atoms. The molecular weight excluding hydrogens is 277 g/mol. The smallest absolute Gasteiger partial charge is 0.131 e. The molecule has 0 radical (unpaired) electrons. The summed E-state index contributed by atoms with van der Waals surface area (Å²) < 4.78 is 13.2. The minimum atomic E-state index is -0.256. The summed E-state index contributed by atoms with van der Waals surface area (Å²) in [7, 11) is 0. The molecule has 110 valence electrons. The van der Waals surface area contributed by atoms with Crippen molar-refractivity contribution in [2.75, 3.05) is 0 Å². The summed E-state index contributed by atoms with van der Waals surface area (Å²) in [5.41, 5.74) is 3.59. The molecule has 0 aliphatic rings. The molecule has 2 heterocycles. The second-order valence-electron chi connectivity index (χ2n) is 5.39. The molecule has 0 aliphatic heterocycles. The van der Waals surface area contributed by atoms with Gasteiger partial charge in [-0.1, -0.05) is 26.0 Å². The number of rotatable bonds is 3. The summed E-state index contributed by atoms with van der Waals surface area (Å²) in [5.74, 6) is 0.773. The number of benzene rings is 1. The van der Waals surface area contributed by atoms with E-state index in [9.17, 15) is 4.39 Å². The molecule has 0 amide bonds. The van der Waals surface area contributed by atoms with Gasteiger partial charge in [0.1, 0.15) is 11.6 Å². The van der Waals surface area contributed by atoms with E-state index in [1.165, 1.54) is 12.1 Å². The lowest BCUT2D eigenvalue weighted by atomic mass is 10.0. The molecule has 0 N–H and O–H groups in total. The molecule has 3 nitrogen and oxygen atoms in total. The molecule has 3 aromatic rings. The van der Waals surface area contributed by atoms with Crippen LogP contribution in [0.3, 0.4) is 0 Å². The van der Waals surface area contributed by atoms with Gasteiger partial charge in [0.05, 0.1) is 5.69 Å². The topological polar surface area (TPSA) is 38.7 Å². The first-order valence-electron chi connectivity index (χ1n) is 7.18. The maximum atomic E-state index is 13.2. The lowest BCUT2D eigenvalue weighted by Gasteiger charge is -2.12. The van der Waals surface area contributed by atoms with E-state index in [0.29, 0.717) is 0 Å². The fourth-order valence-corrected chi connectivity index (χ4v) is 2.24. The average molecular weight is 293 g/mol. The number of aromatic nitrogens is 3. The van der Waals surface area contributed by atoms with Gasteiger partial charge in [-0.3, -0.25) is 4.98 Å². The van der Waals surface area contributed by atoms with Crippen LogP contribution < -0.4 is 0 Å². The second kappa shape index (κ2) is 6.02. The third-order valence-electron chi connectivity index (χ3n) is 3.43. The highest BCUT2D eigenvalue weighted by molar-refractivity contribution is 5.79. The number of nitrogens with zero attached hydrogens (tertiary/aromatic N) is 3. The predicted octanol–water partition coefficient (Wildman–Crippen LogP) is 4.47. The Morgan fingerprint density at radius 3 is 2.23 bits per heavy atom. The van der Waals surface area contributed by atoms with E-state index in [4.69, 9.17) is 4.98 Å². The maximum Gasteiger partial charge on any atom is 0.131 e. The highest BCUT2D eigenvalue weighted by atomic mass is 19.1. The van der Waals surface area contributed by atoms with Crippen LogP contribution in [0.25, 0.3) is 22.4 Å². The fourth-order valence-electron chi connectivity index (χ4n) is 2.24. The van der Waals surface area contributed by atoms with Gasteiger partial charge in [0.25, 0.3) is 0 Å². The molecule has 0 atom stereocenters. The Morgan fingerprint density at radius 2 is 1.59 bits per heavy atom. The Balaban J connectivity index is 2.19. The molecule has 0 saturated heterocycles. The third kappa shape index (κ3) is 2.86. The van der Waals surface area contributed by atoms with Crippen LogP contribution in [-0.4, -0.2) is 15.0 Å². The van der Waals surface area contributed by atoms with Crippen LogP contribution in [-0.2, 0) is 0 Å². The normalized spacial score (nSPS) is 10.9. The highest BCUT2D eigenvalue weighted by Crippen LogP contribution is 2.30. The Kier molecular flexibility index (Phi) is 3.92. The first-order valence-corrected chi connectivity index (χ1v) is 7.18. The number of hydrogen-bond acceptors (Lipinski definition) is 3. The predicted molar refractivity (Wildman–Crippen MR) is 84.7 cm³/mol. The van der Waals surface area contributed by atoms with Gasteiger partial charge in [0, 0.05) is 35.6 Å². The van der Waals surface area contributed by atoms with Gasteiger partial charge in [-0.25, -0.2) is 14.4 Å². The Morgan fingerprint density at radius 1 is 0.909 bits per heavy atom. The third-order valence-corrected chi connectivity index (χ3v) is 3.43. The van der Waals surface area contributed by atoms with Crippen molar-refractivity contribution in [3.8, 4) is 22.4 Å². The lowest BCUT2D eigenvalue weighted by molar-refractivity contribution is 0.628. The van der Waals surface area contributed by atoms with Crippen LogP contribution in [0.5, 0.6) is 0 Å². The average Bonchev–Trinajstić information content (AvgIpc) is 2.56. The van der Waals surface area contributed by atoms with Crippen LogP contribution in [0.1, 0.15) is 25.6 Å². The highest BCUT2D eigenvalue weighted by Gasteiger charge is 2.13. The lowest BCUT2D eigenvalue weighted by Crippen LogP contribution is -2.01. The summed E-state index contributed by atoms with van der Waals surface area (Å²) in [4.78, 5) is 13.2. The van der Waals surface area contributed by atoms with E-state index >= 15 is 0 Å². The SMILES string of the molecule is CC(C)c1ncc(-c2ccc(F)cc2)c(-c2ccncc2)n1. The van der Waals surface area contributed by atoms with E-state index in [2.05, 4.69) is 23.8 Å². The van der Waals surface area contributed by atoms with Crippen molar-refractivity contribution in [3.05, 3.63) is 66.6 Å². The molecule has 0 aliphatic carbocycles. The Labute approximate surface area is 128 Å². The van der Waals surface area contributed by atoms with Gasteiger partial charge in [-0.05, 0) is 29.8 Å². The maximum absolute atomic E-state index is 13.2. The Hall–Kier alpha value is -2.62. The minimum Gasteiger partial charge on any atom is -0.265 e. The number of hydrogen-bond donors (Lipinski definition) is 0. The van der Waals surface area contributed by atoms with E-state index in [-0.39, 0.29) is 11.7 Å². The van der Waals surface area contributed by atoms with Crippen LogP contribution in [0.2, 0.25) is 0 Å². The summed E-state index contributed by atoms with van der Waals surface area (Å²) in [6, 6.07) is 10.2. The van der Waals surface area contributed by atoms with Crippen molar-refractivity contribution in [2.45, 2.75) is 19.8 Å². The molecule has 1 aromatic carbocycles. The standard InChI is InChI=1S/C18H16FN3/c1-12(2)18-21-11-16(13-3-5-15(19)6-4-13)17(22-18)14-7-9-20-10-8-14/h3-12H,1-2H3. The molecule has 0 bridgehead atoms. The summed E-state index contributed by atoms with van der Waals surface area (Å²) in [6.07, 6.45) is 5.28. The molecule has 0 unspecified atom stereocenters. The fraction of sp³-hybridized carbons (Fsp3) is 0.167. The summed E-state index contributed by atoms with van der Waals surface area (Å²) in [5, 5.41) is 0. The largest absolute Gasteiger partial charge is 0.265 e. The molecule has 4 heteroatoms. The first-order chi connectivity index (χ1) is 10.6. The Bertz CT molecular complexity index is 768. The molecule has 22 heavy (non-hydrogen) atoms. The van der Waals surface area contributed by atoms with Gasteiger partial charge in [-0.2, -0.15) is 0 Å². The minimum absolute atomic E-state index is 0.239. The quantitative estimate of drug-likeness (QED) is 0.715. The van der Waals surface area contributed by atoms with E-state index in [1.807, 2.05) is 18.3 Å². The van der Waals surface area contributed by atoms with Crippen molar-refractivity contribution in [1.82, 2.24) is 15.0 Å². The van der Waals surface area contributed by atoms with Gasteiger partial charge in [0.2, 0.25) is 0 Å². The summed E-state index contributed by atoms with van der Waals surface area (Å²) in [6.45, 7) is 4.12. The van der Waals surface area contributed by atoms with E-state index < -0.39 is 0 Å². The van der Waals surface area contributed by atoms with Crippen LogP contribution >= 0.6 is 0 Å². The van der Waals surface area contributed by atoms with Gasteiger partial charge in [-0.15, -0.1) is 0 Å². The van der Waals surface area contributed by atoms with E-state index in [1.54, 1.807) is 24.5 Å². The van der Waals surface area contributed by atoms with E-state index in [0.717, 1.165) is 28.2 Å². The summed E-state index contributed by atoms with van der Waals surface area (Å²) >= 11 is 0.